The van der Waals surface area contributed by atoms with Gasteiger partial charge in [0.1, 0.15) is 11.4 Å². The van der Waals surface area contributed by atoms with Crippen LogP contribution in [0.5, 0.6) is 0 Å². The van der Waals surface area contributed by atoms with Crippen LogP contribution in [0.2, 0.25) is 0 Å². The van der Waals surface area contributed by atoms with Crippen LogP contribution in [0.25, 0.3) is 28.2 Å². The lowest BCUT2D eigenvalue weighted by molar-refractivity contribution is 0.451. The van der Waals surface area contributed by atoms with E-state index in [1.165, 1.54) is 0 Å². The summed E-state index contributed by atoms with van der Waals surface area (Å²) in [5.74, 6) is 1.39. The van der Waals surface area contributed by atoms with Crippen LogP contribution < -0.4 is 5.69 Å². The fraction of sp³-hybridized carbons (Fsp3) is 0.133. The van der Waals surface area contributed by atoms with Gasteiger partial charge in [-0.05, 0) is 62.4 Å². The van der Waals surface area contributed by atoms with Crippen LogP contribution in [0, 0.1) is 0 Å². The van der Waals surface area contributed by atoms with Crippen molar-refractivity contribution in [3.05, 3.63) is 208 Å². The minimum Gasteiger partial charge on any atom is -0.247 e. The van der Waals surface area contributed by atoms with E-state index in [0.29, 0.717) is 18.8 Å². The third-order valence-corrected chi connectivity index (χ3v) is 9.80. The average molecular weight is 694 g/mol. The summed E-state index contributed by atoms with van der Waals surface area (Å²) in [5, 5.41) is 18.6. The molecular weight excluding hydrogens is 655 g/mol. The van der Waals surface area contributed by atoms with Crippen LogP contribution in [0.1, 0.15) is 47.8 Å². The van der Waals surface area contributed by atoms with Crippen molar-refractivity contribution in [2.24, 2.45) is 0 Å². The SMILES string of the molecule is CCCCc1nn(Cc2ccccc2)c(=O)n1-c1ccc(-c2ccccc2-c2nnnn2C(c2ccccc2)(c2ccccc2)c2ccccc2)cc1. The van der Waals surface area contributed by atoms with E-state index >= 15 is 0 Å². The molecule has 8 rings (SSSR count). The Morgan fingerprint density at radius 2 is 1.13 bits per heavy atom. The number of aromatic nitrogens is 7. The van der Waals surface area contributed by atoms with Crippen molar-refractivity contribution < 1.29 is 0 Å². The average Bonchev–Trinajstić information content (AvgIpc) is 3.83. The first kappa shape index (κ1) is 33.5. The molecular formula is C45H39N7O. The number of aryl methyl sites for hydroxylation is 1. The highest BCUT2D eigenvalue weighted by atomic mass is 16.2. The van der Waals surface area contributed by atoms with Crippen molar-refractivity contribution >= 4 is 0 Å². The van der Waals surface area contributed by atoms with Gasteiger partial charge in [0, 0.05) is 12.0 Å². The molecule has 0 aliphatic carbocycles. The number of rotatable bonds is 12. The van der Waals surface area contributed by atoms with Gasteiger partial charge in [-0.15, -0.1) is 5.10 Å². The van der Waals surface area contributed by atoms with Crippen LogP contribution in [0.4, 0.5) is 0 Å². The highest BCUT2D eigenvalue weighted by molar-refractivity contribution is 5.81. The van der Waals surface area contributed by atoms with Crippen molar-refractivity contribution in [2.45, 2.75) is 38.3 Å². The Morgan fingerprint density at radius 1 is 0.604 bits per heavy atom. The van der Waals surface area contributed by atoms with Crippen molar-refractivity contribution in [3.8, 4) is 28.2 Å². The maximum atomic E-state index is 13.8. The van der Waals surface area contributed by atoms with Crippen LogP contribution in [0.3, 0.4) is 0 Å². The van der Waals surface area contributed by atoms with E-state index in [9.17, 15) is 4.79 Å². The molecule has 0 saturated heterocycles. The van der Waals surface area contributed by atoms with Gasteiger partial charge >= 0.3 is 5.69 Å². The molecule has 8 aromatic rings. The summed E-state index contributed by atoms with van der Waals surface area (Å²) in [6.45, 7) is 2.57. The number of hydrogen-bond acceptors (Lipinski definition) is 5. The zero-order chi connectivity index (χ0) is 36.0. The molecule has 6 aromatic carbocycles. The first-order chi connectivity index (χ1) is 26.2. The predicted molar refractivity (Wildman–Crippen MR) is 209 cm³/mol. The summed E-state index contributed by atoms with van der Waals surface area (Å²) in [7, 11) is 0. The topological polar surface area (TPSA) is 83.4 Å². The van der Waals surface area contributed by atoms with E-state index in [1.807, 2.05) is 77.5 Å². The first-order valence-corrected chi connectivity index (χ1v) is 18.1. The molecule has 0 N–H and O–H groups in total. The Labute approximate surface area is 308 Å². The molecule has 8 nitrogen and oxygen atoms in total. The number of tetrazole rings is 1. The van der Waals surface area contributed by atoms with Gasteiger partial charge in [-0.3, -0.25) is 0 Å². The molecule has 0 amide bonds. The summed E-state index contributed by atoms with van der Waals surface area (Å²) in [5.41, 5.74) is 6.71. The van der Waals surface area contributed by atoms with E-state index in [4.69, 9.17) is 15.4 Å². The zero-order valence-electron chi connectivity index (χ0n) is 29.5. The highest BCUT2D eigenvalue weighted by Gasteiger charge is 2.42. The lowest BCUT2D eigenvalue weighted by atomic mass is 9.77. The Kier molecular flexibility index (Phi) is 9.41. The molecule has 0 radical (unpaired) electrons. The number of unbranched alkanes of at least 4 members (excludes halogenated alkanes) is 1. The van der Waals surface area contributed by atoms with Gasteiger partial charge in [-0.25, -0.2) is 18.7 Å². The minimum absolute atomic E-state index is 0.147. The van der Waals surface area contributed by atoms with Gasteiger partial charge < -0.3 is 0 Å². The summed E-state index contributed by atoms with van der Waals surface area (Å²) < 4.78 is 5.28. The van der Waals surface area contributed by atoms with Gasteiger partial charge in [0.2, 0.25) is 0 Å². The first-order valence-electron chi connectivity index (χ1n) is 18.1. The smallest absolute Gasteiger partial charge is 0.247 e. The molecule has 0 atom stereocenters. The lowest BCUT2D eigenvalue weighted by Gasteiger charge is -2.36. The standard InChI is InChI=1S/C45H39N7O/c1-2-3-28-42-47-50(33-34-18-8-4-9-19-34)44(53)51(42)39-31-29-35(30-32-39)40-26-16-17-27-41(40)43-46-48-49-52(43)45(36-20-10-5-11-21-36,37-22-12-6-13-23-37)38-24-14-7-15-25-38/h4-27,29-32H,2-3,28,33H2,1H3. The van der Waals surface area contributed by atoms with E-state index in [-0.39, 0.29) is 5.69 Å². The lowest BCUT2D eigenvalue weighted by Crippen LogP contribution is -2.39. The molecule has 2 aromatic heterocycles. The monoisotopic (exact) mass is 693 g/mol. The molecule has 0 spiro atoms. The molecule has 0 bridgehead atoms. The number of benzene rings is 6. The number of hydrogen-bond donors (Lipinski definition) is 0. The van der Waals surface area contributed by atoms with Gasteiger partial charge in [-0.2, -0.15) is 5.10 Å². The van der Waals surface area contributed by atoms with Crippen LogP contribution in [0.15, 0.2) is 175 Å². The predicted octanol–water partition coefficient (Wildman–Crippen LogP) is 8.59. The van der Waals surface area contributed by atoms with Crippen molar-refractivity contribution in [1.82, 2.24) is 34.6 Å². The second-order valence-electron chi connectivity index (χ2n) is 13.1. The van der Waals surface area contributed by atoms with Gasteiger partial charge in [0.25, 0.3) is 0 Å². The van der Waals surface area contributed by atoms with Crippen LogP contribution in [-0.4, -0.2) is 34.6 Å². The Hall–Kier alpha value is -6.67. The van der Waals surface area contributed by atoms with Gasteiger partial charge in [0.15, 0.2) is 5.82 Å². The molecule has 0 aliphatic rings. The zero-order valence-corrected chi connectivity index (χ0v) is 29.5. The van der Waals surface area contributed by atoms with Gasteiger partial charge in [-0.1, -0.05) is 171 Å². The Balaban J connectivity index is 1.24. The summed E-state index contributed by atoms with van der Waals surface area (Å²) in [6.07, 6.45) is 2.67. The molecule has 0 saturated carbocycles. The van der Waals surface area contributed by atoms with E-state index in [1.54, 1.807) is 9.25 Å². The second-order valence-corrected chi connectivity index (χ2v) is 13.1. The highest BCUT2D eigenvalue weighted by Crippen LogP contribution is 2.43. The fourth-order valence-corrected chi connectivity index (χ4v) is 7.27. The van der Waals surface area contributed by atoms with Crippen molar-refractivity contribution in [1.29, 1.82) is 0 Å². The van der Waals surface area contributed by atoms with E-state index in [0.717, 1.165) is 63.3 Å². The largest absolute Gasteiger partial charge is 0.350 e. The summed E-state index contributed by atoms with van der Waals surface area (Å²) in [6, 6.07) is 57.5. The Bertz CT molecular complexity index is 2370. The summed E-state index contributed by atoms with van der Waals surface area (Å²) in [4.78, 5) is 13.8. The maximum absolute atomic E-state index is 13.8. The third kappa shape index (κ3) is 6.29. The molecule has 8 heteroatoms. The maximum Gasteiger partial charge on any atom is 0.350 e. The molecule has 0 fully saturated rings. The molecule has 2 heterocycles. The van der Waals surface area contributed by atoms with Crippen molar-refractivity contribution in [3.63, 3.8) is 0 Å². The molecule has 0 aliphatic heterocycles. The number of nitrogens with zero attached hydrogens (tertiary/aromatic N) is 7. The fourth-order valence-electron chi connectivity index (χ4n) is 7.27. The third-order valence-electron chi connectivity index (χ3n) is 9.80. The normalized spacial score (nSPS) is 11.5. The van der Waals surface area contributed by atoms with Crippen molar-refractivity contribution in [2.75, 3.05) is 0 Å². The molecule has 0 unspecified atom stereocenters. The molecule has 53 heavy (non-hydrogen) atoms. The van der Waals surface area contributed by atoms with E-state index < -0.39 is 5.54 Å². The molecule has 260 valence electrons. The van der Waals surface area contributed by atoms with Crippen LogP contribution in [-0.2, 0) is 18.5 Å². The van der Waals surface area contributed by atoms with E-state index in [2.05, 4.69) is 109 Å². The Morgan fingerprint density at radius 3 is 1.70 bits per heavy atom. The minimum atomic E-state index is -0.879. The second kappa shape index (κ2) is 14.9. The van der Waals surface area contributed by atoms with Gasteiger partial charge in [0.05, 0.1) is 12.2 Å². The summed E-state index contributed by atoms with van der Waals surface area (Å²) >= 11 is 0. The van der Waals surface area contributed by atoms with Crippen LogP contribution >= 0.6 is 0 Å². The quantitative estimate of drug-likeness (QED) is 0.120.